The molecule has 8 nitrogen and oxygen atoms in total. The molecular weight excluding hydrogens is 342 g/mol. The smallest absolute Gasteiger partial charge is 0.251 e. The van der Waals surface area contributed by atoms with Crippen LogP contribution in [0.25, 0.3) is 0 Å². The highest BCUT2D eigenvalue weighted by atomic mass is 32.2. The van der Waals surface area contributed by atoms with Crippen LogP contribution < -0.4 is 15.8 Å². The lowest BCUT2D eigenvalue weighted by Crippen LogP contribution is -2.28. The zero-order valence-electron chi connectivity index (χ0n) is 14.4. The molecule has 3 N–H and O–H groups in total. The molecule has 0 aliphatic rings. The molecule has 0 aliphatic carbocycles. The van der Waals surface area contributed by atoms with Gasteiger partial charge in [-0.2, -0.15) is 0 Å². The molecule has 0 saturated carbocycles. The molecular formula is C16H21N5O3S. The van der Waals surface area contributed by atoms with E-state index in [1.165, 1.54) is 11.8 Å². The van der Waals surface area contributed by atoms with Gasteiger partial charge in [0.25, 0.3) is 5.91 Å². The molecule has 0 spiro atoms. The maximum atomic E-state index is 12.4. The average molecular weight is 363 g/mol. The number of methoxy groups -OCH3 is 1. The van der Waals surface area contributed by atoms with Crippen molar-refractivity contribution in [3.8, 4) is 5.75 Å². The molecule has 0 bridgehead atoms. The lowest BCUT2D eigenvalue weighted by atomic mass is 10.2. The van der Waals surface area contributed by atoms with E-state index in [2.05, 4.69) is 15.5 Å². The normalized spacial score (nSPS) is 11.8. The van der Waals surface area contributed by atoms with Gasteiger partial charge in [-0.3, -0.25) is 9.59 Å². The van der Waals surface area contributed by atoms with E-state index in [0.717, 1.165) is 0 Å². The Morgan fingerprint density at radius 2 is 2.00 bits per heavy atom. The molecule has 0 unspecified atom stereocenters. The Hall–Kier alpha value is -2.55. The Morgan fingerprint density at radius 1 is 1.32 bits per heavy atom. The zero-order chi connectivity index (χ0) is 18.4. The summed E-state index contributed by atoms with van der Waals surface area (Å²) in [5.74, 6) is 0.804. The first-order valence-electron chi connectivity index (χ1n) is 7.75. The quantitative estimate of drug-likeness (QED) is 0.685. The van der Waals surface area contributed by atoms with Gasteiger partial charge in [0.15, 0.2) is 11.0 Å². The summed E-state index contributed by atoms with van der Waals surface area (Å²) in [7, 11) is 1.57. The minimum Gasteiger partial charge on any atom is -0.497 e. The number of rotatable bonds is 8. The Labute approximate surface area is 150 Å². The van der Waals surface area contributed by atoms with Gasteiger partial charge in [-0.1, -0.05) is 11.8 Å². The van der Waals surface area contributed by atoms with E-state index in [4.69, 9.17) is 10.5 Å². The van der Waals surface area contributed by atoms with Crippen LogP contribution in [0.15, 0.2) is 29.4 Å². The fourth-order valence-corrected chi connectivity index (χ4v) is 3.00. The first-order chi connectivity index (χ1) is 12.0. The first-order valence-corrected chi connectivity index (χ1v) is 8.74. The van der Waals surface area contributed by atoms with Crippen LogP contribution in [0.5, 0.6) is 5.75 Å². The number of benzene rings is 1. The molecule has 1 aromatic carbocycles. The second kappa shape index (κ2) is 8.52. The predicted molar refractivity (Wildman–Crippen MR) is 94.5 cm³/mol. The summed E-state index contributed by atoms with van der Waals surface area (Å²) in [6.07, 6.45) is 0. The average Bonchev–Trinajstić information content (AvgIpc) is 3.02. The van der Waals surface area contributed by atoms with E-state index in [1.807, 2.05) is 18.4 Å². The molecule has 25 heavy (non-hydrogen) atoms. The SMILES string of the molecule is CCn1c(SCC(N)=O)nnc1[C@H](C)NC(=O)c1ccc(OC)cc1. The minimum atomic E-state index is -0.418. The molecule has 2 amide bonds. The summed E-state index contributed by atoms with van der Waals surface area (Å²) in [4.78, 5) is 23.3. The molecule has 0 fully saturated rings. The van der Waals surface area contributed by atoms with Gasteiger partial charge >= 0.3 is 0 Å². The van der Waals surface area contributed by atoms with Gasteiger partial charge in [0.1, 0.15) is 5.75 Å². The first kappa shape index (κ1) is 18.8. The monoisotopic (exact) mass is 363 g/mol. The number of amides is 2. The molecule has 134 valence electrons. The number of carbonyl (C=O) groups excluding carboxylic acids is 2. The maximum Gasteiger partial charge on any atom is 0.251 e. The molecule has 0 radical (unpaired) electrons. The molecule has 1 atom stereocenters. The minimum absolute atomic E-state index is 0.130. The number of hydrogen-bond acceptors (Lipinski definition) is 6. The maximum absolute atomic E-state index is 12.4. The highest BCUT2D eigenvalue weighted by Gasteiger charge is 2.20. The molecule has 2 aromatic rings. The van der Waals surface area contributed by atoms with Crippen molar-refractivity contribution in [2.24, 2.45) is 5.73 Å². The highest BCUT2D eigenvalue weighted by Crippen LogP contribution is 2.20. The van der Waals surface area contributed by atoms with Crippen LogP contribution >= 0.6 is 11.8 Å². The molecule has 1 heterocycles. The van der Waals surface area contributed by atoms with Crippen molar-refractivity contribution in [1.29, 1.82) is 0 Å². The Kier molecular flexibility index (Phi) is 6.40. The number of primary amides is 1. The van der Waals surface area contributed by atoms with Crippen molar-refractivity contribution < 1.29 is 14.3 Å². The van der Waals surface area contributed by atoms with Crippen molar-refractivity contribution in [1.82, 2.24) is 20.1 Å². The van der Waals surface area contributed by atoms with Crippen molar-refractivity contribution in [3.63, 3.8) is 0 Å². The molecule has 9 heteroatoms. The molecule has 2 rings (SSSR count). The number of nitrogens with one attached hydrogen (secondary N) is 1. The third-order valence-electron chi connectivity index (χ3n) is 3.49. The van der Waals surface area contributed by atoms with Crippen LogP contribution in [0.1, 0.15) is 36.1 Å². The summed E-state index contributed by atoms with van der Waals surface area (Å²) in [5, 5.41) is 11.7. The van der Waals surface area contributed by atoms with E-state index in [9.17, 15) is 9.59 Å². The lowest BCUT2D eigenvalue weighted by molar-refractivity contribution is -0.115. The van der Waals surface area contributed by atoms with E-state index < -0.39 is 5.91 Å². The van der Waals surface area contributed by atoms with E-state index in [0.29, 0.717) is 28.8 Å². The summed E-state index contributed by atoms with van der Waals surface area (Å²) in [6, 6.07) is 6.50. The van der Waals surface area contributed by atoms with Crippen LogP contribution in [0, 0.1) is 0 Å². The van der Waals surface area contributed by atoms with Gasteiger partial charge in [-0.15, -0.1) is 10.2 Å². The number of ether oxygens (including phenoxy) is 1. The topological polar surface area (TPSA) is 112 Å². The van der Waals surface area contributed by atoms with Crippen LogP contribution in [0.2, 0.25) is 0 Å². The number of nitrogens with two attached hydrogens (primary N) is 1. The Balaban J connectivity index is 2.10. The van der Waals surface area contributed by atoms with Crippen molar-refractivity contribution in [2.45, 2.75) is 31.6 Å². The van der Waals surface area contributed by atoms with Gasteiger partial charge in [0, 0.05) is 12.1 Å². The third kappa shape index (κ3) is 4.72. The summed E-state index contributed by atoms with van der Waals surface area (Å²) >= 11 is 1.23. The second-order valence-corrected chi connectivity index (χ2v) is 6.21. The lowest BCUT2D eigenvalue weighted by Gasteiger charge is -2.15. The Bertz CT molecular complexity index is 745. The third-order valence-corrected chi connectivity index (χ3v) is 4.48. The van der Waals surface area contributed by atoms with Gasteiger partial charge < -0.3 is 20.4 Å². The molecule has 0 saturated heterocycles. The largest absolute Gasteiger partial charge is 0.497 e. The van der Waals surface area contributed by atoms with Gasteiger partial charge in [0.05, 0.1) is 18.9 Å². The number of hydrogen-bond donors (Lipinski definition) is 2. The zero-order valence-corrected chi connectivity index (χ0v) is 15.2. The van der Waals surface area contributed by atoms with Crippen molar-refractivity contribution in [3.05, 3.63) is 35.7 Å². The number of carbonyl (C=O) groups is 2. The van der Waals surface area contributed by atoms with Crippen molar-refractivity contribution in [2.75, 3.05) is 12.9 Å². The van der Waals surface area contributed by atoms with E-state index >= 15 is 0 Å². The predicted octanol–water partition coefficient (Wildman–Crippen LogP) is 1.37. The summed E-state index contributed by atoms with van der Waals surface area (Å²) in [5.41, 5.74) is 5.69. The number of nitrogens with zero attached hydrogens (tertiary/aromatic N) is 3. The van der Waals surface area contributed by atoms with Crippen LogP contribution in [0.3, 0.4) is 0 Å². The summed E-state index contributed by atoms with van der Waals surface area (Å²) < 4.78 is 6.94. The van der Waals surface area contributed by atoms with Gasteiger partial charge in [0.2, 0.25) is 5.91 Å². The number of aromatic nitrogens is 3. The van der Waals surface area contributed by atoms with E-state index in [-0.39, 0.29) is 17.7 Å². The van der Waals surface area contributed by atoms with Crippen LogP contribution in [-0.4, -0.2) is 39.4 Å². The molecule has 0 aliphatic heterocycles. The second-order valence-electron chi connectivity index (χ2n) is 5.26. The van der Waals surface area contributed by atoms with Gasteiger partial charge in [-0.05, 0) is 38.1 Å². The number of thioether (sulfide) groups is 1. The van der Waals surface area contributed by atoms with Gasteiger partial charge in [-0.25, -0.2) is 0 Å². The van der Waals surface area contributed by atoms with Crippen molar-refractivity contribution >= 4 is 23.6 Å². The summed E-state index contributed by atoms with van der Waals surface area (Å²) in [6.45, 7) is 4.39. The van der Waals surface area contributed by atoms with E-state index in [1.54, 1.807) is 31.4 Å². The van der Waals surface area contributed by atoms with Crippen LogP contribution in [0.4, 0.5) is 0 Å². The fraction of sp³-hybridized carbons (Fsp3) is 0.375. The Morgan fingerprint density at radius 3 is 2.56 bits per heavy atom. The highest BCUT2D eigenvalue weighted by molar-refractivity contribution is 7.99. The fourth-order valence-electron chi connectivity index (χ4n) is 2.25. The van der Waals surface area contributed by atoms with Crippen LogP contribution in [-0.2, 0) is 11.3 Å². The standard InChI is InChI=1S/C16H21N5O3S/c1-4-21-14(19-20-16(21)25-9-13(17)22)10(2)18-15(23)11-5-7-12(24-3)8-6-11/h5-8,10H,4,9H2,1-3H3,(H2,17,22)(H,18,23)/t10-/m0/s1. The molecule has 1 aromatic heterocycles.